The number of amides is 1. The van der Waals surface area contributed by atoms with Gasteiger partial charge in [0.2, 0.25) is 0 Å². The van der Waals surface area contributed by atoms with Crippen LogP contribution in [-0.4, -0.2) is 50.7 Å². The summed E-state index contributed by atoms with van der Waals surface area (Å²) in [4.78, 5) is 18.6. The SMILES string of the molecule is CC1CN(Cc2c(-c3ccccc3)nc3cc(/C=C/C(=O)NO)ccn23)CC(C)O1. The van der Waals surface area contributed by atoms with Crippen LogP contribution in [0.15, 0.2) is 54.7 Å². The molecule has 2 unspecified atom stereocenters. The Kier molecular flexibility index (Phi) is 5.94. The summed E-state index contributed by atoms with van der Waals surface area (Å²) in [5.74, 6) is -0.570. The number of imidazole rings is 1. The second-order valence-corrected chi connectivity index (χ2v) is 7.72. The van der Waals surface area contributed by atoms with Gasteiger partial charge in [-0.05, 0) is 37.6 Å². The molecule has 0 saturated carbocycles. The molecule has 7 heteroatoms. The van der Waals surface area contributed by atoms with Crippen molar-refractivity contribution in [3.8, 4) is 11.3 Å². The number of fused-ring (bicyclic) bond motifs is 1. The zero-order chi connectivity index (χ0) is 21.1. The van der Waals surface area contributed by atoms with Crippen LogP contribution in [0, 0.1) is 0 Å². The van der Waals surface area contributed by atoms with E-state index < -0.39 is 5.91 Å². The molecule has 3 aromatic rings. The molecule has 0 radical (unpaired) electrons. The van der Waals surface area contributed by atoms with Crippen molar-refractivity contribution in [3.63, 3.8) is 0 Å². The summed E-state index contributed by atoms with van der Waals surface area (Å²) in [5, 5.41) is 8.66. The molecule has 1 saturated heterocycles. The van der Waals surface area contributed by atoms with Crippen LogP contribution in [0.5, 0.6) is 0 Å². The molecular weight excluding hydrogens is 380 g/mol. The number of carbonyl (C=O) groups excluding carboxylic acids is 1. The lowest BCUT2D eigenvalue weighted by atomic mass is 10.1. The Morgan fingerprint density at radius 2 is 1.97 bits per heavy atom. The predicted octanol–water partition coefficient (Wildman–Crippen LogP) is 3.13. The van der Waals surface area contributed by atoms with Crippen LogP contribution in [0.3, 0.4) is 0 Å². The molecule has 0 aliphatic carbocycles. The van der Waals surface area contributed by atoms with Crippen LogP contribution < -0.4 is 5.48 Å². The third-order valence-electron chi connectivity index (χ3n) is 5.20. The van der Waals surface area contributed by atoms with Crippen molar-refractivity contribution in [2.45, 2.75) is 32.6 Å². The molecule has 2 aromatic heterocycles. The average molecular weight is 406 g/mol. The van der Waals surface area contributed by atoms with E-state index in [1.165, 1.54) is 6.08 Å². The van der Waals surface area contributed by atoms with Crippen LogP contribution in [0.4, 0.5) is 0 Å². The van der Waals surface area contributed by atoms with Crippen LogP contribution in [0.1, 0.15) is 25.1 Å². The quantitative estimate of drug-likeness (QED) is 0.387. The van der Waals surface area contributed by atoms with Gasteiger partial charge in [-0.3, -0.25) is 14.9 Å². The van der Waals surface area contributed by atoms with Gasteiger partial charge in [0, 0.05) is 37.5 Å². The van der Waals surface area contributed by atoms with Crippen LogP contribution in [0.2, 0.25) is 0 Å². The van der Waals surface area contributed by atoms with E-state index >= 15 is 0 Å². The molecule has 1 aliphatic heterocycles. The summed E-state index contributed by atoms with van der Waals surface area (Å²) in [5.41, 5.74) is 6.39. The fourth-order valence-corrected chi connectivity index (χ4v) is 4.03. The Morgan fingerprint density at radius 3 is 2.67 bits per heavy atom. The van der Waals surface area contributed by atoms with Gasteiger partial charge in [0.1, 0.15) is 5.65 Å². The summed E-state index contributed by atoms with van der Waals surface area (Å²) in [6, 6.07) is 14.0. The molecule has 4 rings (SSSR count). The van der Waals surface area contributed by atoms with Crippen LogP contribution in [0.25, 0.3) is 23.0 Å². The van der Waals surface area contributed by atoms with Gasteiger partial charge in [0.25, 0.3) is 5.91 Å². The van der Waals surface area contributed by atoms with Gasteiger partial charge in [-0.2, -0.15) is 0 Å². The summed E-state index contributed by atoms with van der Waals surface area (Å²) < 4.78 is 7.99. The van der Waals surface area contributed by atoms with Crippen LogP contribution >= 0.6 is 0 Å². The first kappa shape index (κ1) is 20.3. The van der Waals surface area contributed by atoms with Gasteiger partial charge in [0.05, 0.1) is 23.6 Å². The first-order valence-corrected chi connectivity index (χ1v) is 10.1. The van der Waals surface area contributed by atoms with E-state index in [2.05, 4.69) is 35.3 Å². The molecule has 0 spiro atoms. The minimum atomic E-state index is -0.570. The van der Waals surface area contributed by atoms with E-state index in [-0.39, 0.29) is 12.2 Å². The number of hydrogen-bond donors (Lipinski definition) is 2. The molecule has 1 aromatic carbocycles. The maximum Gasteiger partial charge on any atom is 0.267 e. The van der Waals surface area contributed by atoms with Crippen LogP contribution in [-0.2, 0) is 16.1 Å². The van der Waals surface area contributed by atoms with E-state index in [9.17, 15) is 4.79 Å². The molecule has 1 fully saturated rings. The number of pyridine rings is 1. The predicted molar refractivity (Wildman–Crippen MR) is 115 cm³/mol. The van der Waals surface area contributed by atoms with Crippen molar-refractivity contribution in [2.24, 2.45) is 0 Å². The number of hydrogen-bond acceptors (Lipinski definition) is 5. The monoisotopic (exact) mass is 406 g/mol. The second-order valence-electron chi connectivity index (χ2n) is 7.72. The highest BCUT2D eigenvalue weighted by Crippen LogP contribution is 2.27. The fraction of sp³-hybridized carbons (Fsp3) is 0.304. The lowest BCUT2D eigenvalue weighted by Crippen LogP contribution is -2.45. The first-order chi connectivity index (χ1) is 14.5. The third kappa shape index (κ3) is 4.43. The Labute approximate surface area is 175 Å². The highest BCUT2D eigenvalue weighted by molar-refractivity contribution is 5.91. The largest absolute Gasteiger partial charge is 0.373 e. The normalized spacial score (nSPS) is 20.1. The van der Waals surface area contributed by atoms with Gasteiger partial charge in [-0.15, -0.1) is 0 Å². The van der Waals surface area contributed by atoms with E-state index in [1.807, 2.05) is 36.5 Å². The molecule has 0 bridgehead atoms. The van der Waals surface area contributed by atoms with Crippen molar-refractivity contribution in [3.05, 3.63) is 66.0 Å². The maximum absolute atomic E-state index is 11.3. The van der Waals surface area contributed by atoms with E-state index in [0.29, 0.717) is 0 Å². The first-order valence-electron chi connectivity index (χ1n) is 10.1. The smallest absolute Gasteiger partial charge is 0.267 e. The Morgan fingerprint density at radius 1 is 1.23 bits per heavy atom. The van der Waals surface area contributed by atoms with Crippen molar-refractivity contribution in [2.75, 3.05) is 13.1 Å². The molecule has 1 amide bonds. The number of hydroxylamine groups is 1. The van der Waals surface area contributed by atoms with E-state index in [0.717, 1.165) is 47.8 Å². The van der Waals surface area contributed by atoms with Gasteiger partial charge in [-0.1, -0.05) is 30.3 Å². The highest BCUT2D eigenvalue weighted by Gasteiger charge is 2.25. The van der Waals surface area contributed by atoms with Gasteiger partial charge in [0.15, 0.2) is 0 Å². The number of nitrogens with zero attached hydrogens (tertiary/aromatic N) is 3. The average Bonchev–Trinajstić information content (AvgIpc) is 3.09. The van der Waals surface area contributed by atoms with E-state index in [1.54, 1.807) is 11.6 Å². The number of carbonyl (C=O) groups is 1. The van der Waals surface area contributed by atoms with Crippen molar-refractivity contribution < 1.29 is 14.7 Å². The van der Waals surface area contributed by atoms with Gasteiger partial charge in [-0.25, -0.2) is 10.5 Å². The number of ether oxygens (including phenoxy) is 1. The van der Waals surface area contributed by atoms with Crippen molar-refractivity contribution in [1.82, 2.24) is 19.8 Å². The lowest BCUT2D eigenvalue weighted by molar-refractivity contribution is -0.124. The Balaban J connectivity index is 1.74. The molecule has 2 N–H and O–H groups in total. The Hall–Kier alpha value is -3.00. The maximum atomic E-state index is 11.3. The number of morpholine rings is 1. The second kappa shape index (κ2) is 8.79. The van der Waals surface area contributed by atoms with Gasteiger partial charge >= 0.3 is 0 Å². The van der Waals surface area contributed by atoms with E-state index in [4.69, 9.17) is 14.9 Å². The Bertz CT molecular complexity index is 1050. The lowest BCUT2D eigenvalue weighted by Gasteiger charge is -2.35. The summed E-state index contributed by atoms with van der Waals surface area (Å²) >= 11 is 0. The third-order valence-corrected chi connectivity index (χ3v) is 5.20. The molecule has 3 heterocycles. The van der Waals surface area contributed by atoms with Crippen molar-refractivity contribution >= 4 is 17.6 Å². The number of aromatic nitrogens is 2. The molecule has 1 aliphatic rings. The summed E-state index contributed by atoms with van der Waals surface area (Å²) in [6.45, 7) is 6.74. The molecular formula is C23H26N4O3. The molecule has 2 atom stereocenters. The topological polar surface area (TPSA) is 79.1 Å². The standard InChI is InChI=1S/C23H26N4O3/c1-16-13-26(14-17(2)30-16)15-20-23(19-6-4-3-5-7-19)24-21-12-18(10-11-27(20)21)8-9-22(28)25-29/h3-12,16-17,29H,13-15H2,1-2H3,(H,25,28)/b9-8+. The summed E-state index contributed by atoms with van der Waals surface area (Å²) in [7, 11) is 0. The minimum absolute atomic E-state index is 0.197. The molecule has 7 nitrogen and oxygen atoms in total. The number of benzene rings is 1. The minimum Gasteiger partial charge on any atom is -0.373 e. The highest BCUT2D eigenvalue weighted by atomic mass is 16.5. The number of nitrogens with one attached hydrogen (secondary N) is 1. The molecule has 156 valence electrons. The molecule has 30 heavy (non-hydrogen) atoms. The van der Waals surface area contributed by atoms with Crippen molar-refractivity contribution in [1.29, 1.82) is 0 Å². The zero-order valence-electron chi connectivity index (χ0n) is 17.2. The zero-order valence-corrected chi connectivity index (χ0v) is 17.2. The number of rotatable bonds is 5. The van der Waals surface area contributed by atoms with Gasteiger partial charge < -0.3 is 9.14 Å². The fourth-order valence-electron chi connectivity index (χ4n) is 4.03. The summed E-state index contributed by atoms with van der Waals surface area (Å²) in [6.07, 6.45) is 5.30.